The molecule has 0 saturated heterocycles. The van der Waals surface area contributed by atoms with Crippen LogP contribution in [0.25, 0.3) is 0 Å². The lowest BCUT2D eigenvalue weighted by Gasteiger charge is -2.09. The molecule has 2 N–H and O–H groups in total. The number of aromatic nitrogens is 1. The zero-order valence-corrected chi connectivity index (χ0v) is 9.31. The molecule has 1 aromatic heterocycles. The Hall–Kier alpha value is -0.170. The van der Waals surface area contributed by atoms with Gasteiger partial charge >= 0.3 is 0 Å². The molecule has 1 heterocycles. The van der Waals surface area contributed by atoms with E-state index >= 15 is 0 Å². The molecule has 0 aliphatic carbocycles. The SMILES string of the molecule is Nc1ncc(I)c(C(F)F)c1CCl. The number of hydrogen-bond donors (Lipinski definition) is 1. The van der Waals surface area contributed by atoms with Crippen molar-refractivity contribution < 1.29 is 8.78 Å². The summed E-state index contributed by atoms with van der Waals surface area (Å²) in [5, 5.41) is 0. The molecule has 0 radical (unpaired) electrons. The standard InChI is InChI=1S/C7H6ClF2IN2/c8-1-3-5(6(9)10)4(11)2-13-7(3)12/h2,6H,1H2,(H2,12,13). The molecular formula is C7H6ClF2IN2. The van der Waals surface area contributed by atoms with Gasteiger partial charge in [-0.25, -0.2) is 13.8 Å². The van der Waals surface area contributed by atoms with Gasteiger partial charge in [0.05, 0.1) is 5.88 Å². The fraction of sp³-hybridized carbons (Fsp3) is 0.286. The van der Waals surface area contributed by atoms with Gasteiger partial charge in [0.25, 0.3) is 6.43 Å². The van der Waals surface area contributed by atoms with Crippen molar-refractivity contribution in [2.45, 2.75) is 12.3 Å². The van der Waals surface area contributed by atoms with Crippen molar-refractivity contribution in [2.75, 3.05) is 5.73 Å². The monoisotopic (exact) mass is 318 g/mol. The van der Waals surface area contributed by atoms with Crippen LogP contribution in [-0.4, -0.2) is 4.98 Å². The Bertz CT molecular complexity index is 320. The van der Waals surface area contributed by atoms with Crippen LogP contribution in [0.4, 0.5) is 14.6 Å². The Morgan fingerprint density at radius 3 is 2.62 bits per heavy atom. The van der Waals surface area contributed by atoms with Crippen molar-refractivity contribution in [1.82, 2.24) is 4.98 Å². The van der Waals surface area contributed by atoms with E-state index in [0.717, 1.165) is 0 Å². The maximum atomic E-state index is 12.5. The fourth-order valence-electron chi connectivity index (χ4n) is 0.932. The van der Waals surface area contributed by atoms with Gasteiger partial charge in [0.1, 0.15) is 5.82 Å². The summed E-state index contributed by atoms with van der Waals surface area (Å²) in [5.41, 5.74) is 5.52. The molecule has 6 heteroatoms. The maximum absolute atomic E-state index is 12.5. The molecule has 72 valence electrons. The molecule has 0 atom stereocenters. The Balaban J connectivity index is 3.35. The molecule has 0 saturated carbocycles. The molecule has 0 aromatic carbocycles. The van der Waals surface area contributed by atoms with Crippen LogP contribution in [0.15, 0.2) is 6.20 Å². The summed E-state index contributed by atoms with van der Waals surface area (Å²) < 4.78 is 25.4. The van der Waals surface area contributed by atoms with Crippen LogP contribution >= 0.6 is 34.2 Å². The zero-order valence-electron chi connectivity index (χ0n) is 6.40. The van der Waals surface area contributed by atoms with Crippen molar-refractivity contribution in [3.8, 4) is 0 Å². The number of rotatable bonds is 2. The van der Waals surface area contributed by atoms with Crippen molar-refractivity contribution >= 4 is 40.0 Å². The highest BCUT2D eigenvalue weighted by Crippen LogP contribution is 2.30. The lowest BCUT2D eigenvalue weighted by Crippen LogP contribution is -2.04. The number of hydrogen-bond acceptors (Lipinski definition) is 2. The van der Waals surface area contributed by atoms with E-state index in [1.807, 2.05) is 0 Å². The highest BCUT2D eigenvalue weighted by molar-refractivity contribution is 14.1. The molecule has 0 aliphatic rings. The first-order chi connectivity index (χ1) is 6.07. The minimum atomic E-state index is -2.56. The first-order valence-corrected chi connectivity index (χ1v) is 4.96. The van der Waals surface area contributed by atoms with Crippen molar-refractivity contribution in [1.29, 1.82) is 0 Å². The van der Waals surface area contributed by atoms with Gasteiger partial charge in [-0.15, -0.1) is 11.6 Å². The Morgan fingerprint density at radius 1 is 1.62 bits per heavy atom. The van der Waals surface area contributed by atoms with E-state index in [0.29, 0.717) is 3.57 Å². The van der Waals surface area contributed by atoms with Gasteiger partial charge in [-0.1, -0.05) is 0 Å². The number of nitrogens with two attached hydrogens (primary N) is 1. The molecule has 13 heavy (non-hydrogen) atoms. The van der Waals surface area contributed by atoms with Crippen LogP contribution in [-0.2, 0) is 5.88 Å². The number of anilines is 1. The molecule has 0 spiro atoms. The number of alkyl halides is 3. The molecule has 0 aliphatic heterocycles. The first kappa shape index (κ1) is 10.9. The summed E-state index contributed by atoms with van der Waals surface area (Å²) in [7, 11) is 0. The van der Waals surface area contributed by atoms with Gasteiger partial charge in [-0.2, -0.15) is 0 Å². The smallest absolute Gasteiger partial charge is 0.265 e. The van der Waals surface area contributed by atoms with E-state index in [-0.39, 0.29) is 22.8 Å². The quantitative estimate of drug-likeness (QED) is 0.672. The second-order valence-corrected chi connectivity index (χ2v) is 3.75. The number of nitrogen functional groups attached to an aromatic ring is 1. The molecule has 2 nitrogen and oxygen atoms in total. The van der Waals surface area contributed by atoms with Crippen molar-refractivity contribution in [3.63, 3.8) is 0 Å². The number of nitrogens with zero attached hydrogens (tertiary/aromatic N) is 1. The van der Waals surface area contributed by atoms with Crippen LogP contribution in [0, 0.1) is 3.57 Å². The van der Waals surface area contributed by atoms with Crippen LogP contribution < -0.4 is 5.73 Å². The molecule has 0 fully saturated rings. The number of halogens is 4. The summed E-state index contributed by atoms with van der Waals surface area (Å²) >= 11 is 7.28. The normalized spacial score (nSPS) is 10.8. The topological polar surface area (TPSA) is 38.9 Å². The first-order valence-electron chi connectivity index (χ1n) is 3.34. The van der Waals surface area contributed by atoms with E-state index in [9.17, 15) is 8.78 Å². The second kappa shape index (κ2) is 4.36. The molecule has 1 rings (SSSR count). The summed E-state index contributed by atoms with van der Waals surface area (Å²) in [5.74, 6) is 0.0285. The summed E-state index contributed by atoms with van der Waals surface area (Å²) in [6, 6.07) is 0. The Labute approximate surface area is 92.6 Å². The van der Waals surface area contributed by atoms with Crippen LogP contribution in [0.1, 0.15) is 17.6 Å². The lowest BCUT2D eigenvalue weighted by molar-refractivity contribution is 0.149. The average Bonchev–Trinajstić information content (AvgIpc) is 2.07. The third-order valence-electron chi connectivity index (χ3n) is 1.56. The van der Waals surface area contributed by atoms with E-state index in [1.165, 1.54) is 6.20 Å². The largest absolute Gasteiger partial charge is 0.383 e. The van der Waals surface area contributed by atoms with E-state index in [1.54, 1.807) is 22.6 Å². The highest BCUT2D eigenvalue weighted by atomic mass is 127. The van der Waals surface area contributed by atoms with Crippen molar-refractivity contribution in [3.05, 3.63) is 20.9 Å². The van der Waals surface area contributed by atoms with Crippen LogP contribution in [0.5, 0.6) is 0 Å². The van der Waals surface area contributed by atoms with Gasteiger partial charge in [0.2, 0.25) is 0 Å². The van der Waals surface area contributed by atoms with Gasteiger partial charge in [0, 0.05) is 20.9 Å². The minimum absolute atomic E-state index is 0.0463. The van der Waals surface area contributed by atoms with E-state index in [2.05, 4.69) is 4.98 Å². The molecule has 0 bridgehead atoms. The fourth-order valence-corrected chi connectivity index (χ4v) is 1.91. The van der Waals surface area contributed by atoms with Gasteiger partial charge < -0.3 is 5.73 Å². The average molecular weight is 318 g/mol. The van der Waals surface area contributed by atoms with Crippen LogP contribution in [0.2, 0.25) is 0 Å². The molecule has 1 aromatic rings. The lowest BCUT2D eigenvalue weighted by atomic mass is 10.1. The van der Waals surface area contributed by atoms with E-state index in [4.69, 9.17) is 17.3 Å². The summed E-state index contributed by atoms with van der Waals surface area (Å²) in [4.78, 5) is 3.75. The van der Waals surface area contributed by atoms with Gasteiger partial charge in [-0.3, -0.25) is 0 Å². The molecule has 0 amide bonds. The van der Waals surface area contributed by atoms with E-state index < -0.39 is 6.43 Å². The molecule has 0 unspecified atom stereocenters. The second-order valence-electron chi connectivity index (χ2n) is 2.32. The summed E-state index contributed by atoms with van der Waals surface area (Å²) in [6.45, 7) is 0. The Morgan fingerprint density at radius 2 is 2.23 bits per heavy atom. The Kier molecular flexibility index (Phi) is 3.66. The predicted octanol–water partition coefficient (Wildman–Crippen LogP) is 2.94. The minimum Gasteiger partial charge on any atom is -0.383 e. The maximum Gasteiger partial charge on any atom is 0.265 e. The van der Waals surface area contributed by atoms with Crippen molar-refractivity contribution in [2.24, 2.45) is 0 Å². The zero-order chi connectivity index (χ0) is 10.0. The van der Waals surface area contributed by atoms with Gasteiger partial charge in [-0.05, 0) is 22.6 Å². The highest BCUT2D eigenvalue weighted by Gasteiger charge is 2.18. The third kappa shape index (κ3) is 2.19. The molecular weight excluding hydrogens is 312 g/mol. The number of pyridine rings is 1. The summed E-state index contributed by atoms with van der Waals surface area (Å²) in [6.07, 6.45) is -1.25. The predicted molar refractivity (Wildman–Crippen MR) is 55.9 cm³/mol. The van der Waals surface area contributed by atoms with Gasteiger partial charge in [0.15, 0.2) is 0 Å². The van der Waals surface area contributed by atoms with Crippen LogP contribution in [0.3, 0.4) is 0 Å². The third-order valence-corrected chi connectivity index (χ3v) is 2.69.